The Bertz CT molecular complexity index is 453. The van der Waals surface area contributed by atoms with E-state index in [-0.39, 0.29) is 0 Å². The van der Waals surface area contributed by atoms with Crippen LogP contribution in [0.3, 0.4) is 0 Å². The Morgan fingerprint density at radius 1 is 1.31 bits per heavy atom. The summed E-state index contributed by atoms with van der Waals surface area (Å²) in [6.07, 6.45) is 4.26. The molecular weight excluding hydrogens is 220 g/mol. The van der Waals surface area contributed by atoms with Gasteiger partial charge in [-0.1, -0.05) is 18.2 Å². The van der Waals surface area contributed by atoms with Gasteiger partial charge in [0.2, 0.25) is 0 Å². The third kappa shape index (κ3) is 2.73. The zero-order valence-corrected chi connectivity index (χ0v) is 9.56. The van der Waals surface area contributed by atoms with E-state index in [2.05, 4.69) is 17.1 Å². The molecule has 2 rings (SSSR count). The number of hydrogen-bond donors (Lipinski definition) is 0. The fraction of sp³-hybridized carbons (Fsp3) is 0.167. The molecule has 0 aliphatic heterocycles. The molecule has 82 valence electrons. The lowest BCUT2D eigenvalue weighted by molar-refractivity contribution is 0.111. The predicted molar refractivity (Wildman–Crippen MR) is 64.8 cm³/mol. The number of imidazole rings is 1. The molecule has 0 saturated heterocycles. The maximum atomic E-state index is 10.6. The molecule has 2 aromatic rings. The lowest BCUT2D eigenvalue weighted by Gasteiger charge is -2.03. The van der Waals surface area contributed by atoms with Crippen LogP contribution in [0.5, 0.6) is 0 Å². The standard InChI is InChI=1S/C12H12N2OS/c15-10-12-13-6-7-14(12)8-9-16-11-4-2-1-3-5-11/h1-7,10H,8-9H2. The number of nitrogens with zero attached hydrogens (tertiary/aromatic N) is 2. The Morgan fingerprint density at radius 3 is 2.88 bits per heavy atom. The minimum Gasteiger partial charge on any atom is -0.328 e. The molecule has 0 amide bonds. The summed E-state index contributed by atoms with van der Waals surface area (Å²) in [4.78, 5) is 15.8. The van der Waals surface area contributed by atoms with Gasteiger partial charge in [-0.25, -0.2) is 4.98 Å². The fourth-order valence-corrected chi connectivity index (χ4v) is 2.28. The molecule has 3 nitrogen and oxygen atoms in total. The molecule has 1 heterocycles. The van der Waals surface area contributed by atoms with Gasteiger partial charge in [-0.05, 0) is 12.1 Å². The second kappa shape index (κ2) is 5.51. The third-order valence-electron chi connectivity index (χ3n) is 2.20. The molecule has 0 aliphatic rings. The first-order valence-electron chi connectivity index (χ1n) is 5.04. The first-order valence-corrected chi connectivity index (χ1v) is 6.03. The van der Waals surface area contributed by atoms with E-state index in [1.165, 1.54) is 4.90 Å². The van der Waals surface area contributed by atoms with Gasteiger partial charge in [0.05, 0.1) is 0 Å². The molecule has 1 aromatic carbocycles. The van der Waals surface area contributed by atoms with Gasteiger partial charge in [0.15, 0.2) is 12.1 Å². The van der Waals surface area contributed by atoms with Crippen LogP contribution in [0, 0.1) is 0 Å². The topological polar surface area (TPSA) is 34.9 Å². The summed E-state index contributed by atoms with van der Waals surface area (Å²) in [6, 6.07) is 10.2. The van der Waals surface area contributed by atoms with Crippen molar-refractivity contribution < 1.29 is 4.79 Å². The van der Waals surface area contributed by atoms with E-state index < -0.39 is 0 Å². The molecule has 0 atom stereocenters. The van der Waals surface area contributed by atoms with Gasteiger partial charge in [0.1, 0.15) is 0 Å². The van der Waals surface area contributed by atoms with Crippen LogP contribution in [-0.4, -0.2) is 21.6 Å². The molecule has 0 aliphatic carbocycles. The third-order valence-corrected chi connectivity index (χ3v) is 3.19. The van der Waals surface area contributed by atoms with Crippen LogP contribution >= 0.6 is 11.8 Å². The van der Waals surface area contributed by atoms with E-state index in [0.717, 1.165) is 18.6 Å². The highest BCUT2D eigenvalue weighted by molar-refractivity contribution is 7.99. The lowest BCUT2D eigenvalue weighted by Crippen LogP contribution is -2.03. The smallest absolute Gasteiger partial charge is 0.185 e. The van der Waals surface area contributed by atoms with E-state index in [9.17, 15) is 4.79 Å². The summed E-state index contributed by atoms with van der Waals surface area (Å²) in [5, 5.41) is 0. The van der Waals surface area contributed by atoms with E-state index >= 15 is 0 Å². The monoisotopic (exact) mass is 232 g/mol. The molecular formula is C12H12N2OS. The summed E-state index contributed by atoms with van der Waals surface area (Å²) in [5.41, 5.74) is 0. The van der Waals surface area contributed by atoms with Gasteiger partial charge >= 0.3 is 0 Å². The van der Waals surface area contributed by atoms with E-state index in [1.807, 2.05) is 29.0 Å². The van der Waals surface area contributed by atoms with Crippen molar-refractivity contribution in [3.63, 3.8) is 0 Å². The summed E-state index contributed by atoms with van der Waals surface area (Å²) < 4.78 is 1.86. The van der Waals surface area contributed by atoms with Gasteiger partial charge in [-0.15, -0.1) is 11.8 Å². The van der Waals surface area contributed by atoms with Crippen molar-refractivity contribution in [1.29, 1.82) is 0 Å². The zero-order valence-electron chi connectivity index (χ0n) is 8.74. The lowest BCUT2D eigenvalue weighted by atomic mass is 10.4. The number of thioether (sulfide) groups is 1. The largest absolute Gasteiger partial charge is 0.328 e. The number of aldehydes is 1. The summed E-state index contributed by atoms with van der Waals surface area (Å²) in [5.74, 6) is 1.43. The van der Waals surface area contributed by atoms with Crippen LogP contribution in [0.2, 0.25) is 0 Å². The average Bonchev–Trinajstić information content (AvgIpc) is 2.78. The first-order chi connectivity index (χ1) is 7.90. The average molecular weight is 232 g/mol. The fourth-order valence-electron chi connectivity index (χ4n) is 1.41. The van der Waals surface area contributed by atoms with Crippen LogP contribution in [0.25, 0.3) is 0 Å². The molecule has 0 bridgehead atoms. The van der Waals surface area contributed by atoms with Gasteiger partial charge in [-0.3, -0.25) is 4.79 Å². The highest BCUT2D eigenvalue weighted by atomic mass is 32.2. The second-order valence-corrected chi connectivity index (χ2v) is 4.43. The summed E-state index contributed by atoms with van der Waals surface area (Å²) in [7, 11) is 0. The molecule has 0 fully saturated rings. The summed E-state index contributed by atoms with van der Waals surface area (Å²) in [6.45, 7) is 0.799. The van der Waals surface area contributed by atoms with Crippen LogP contribution in [0.4, 0.5) is 0 Å². The number of aryl methyl sites for hydroxylation is 1. The number of carbonyl (C=O) groups is 1. The Balaban J connectivity index is 1.87. The van der Waals surface area contributed by atoms with Gasteiger partial charge in [-0.2, -0.15) is 0 Å². The highest BCUT2D eigenvalue weighted by Crippen LogP contribution is 2.17. The molecule has 0 radical (unpaired) electrons. The molecule has 0 N–H and O–H groups in total. The Labute approximate surface area is 98.5 Å². The number of aromatic nitrogens is 2. The molecule has 4 heteroatoms. The van der Waals surface area contributed by atoms with Crippen molar-refractivity contribution in [1.82, 2.24) is 9.55 Å². The molecule has 0 spiro atoms. The molecule has 0 unspecified atom stereocenters. The predicted octanol–water partition coefficient (Wildman–Crippen LogP) is 2.49. The Morgan fingerprint density at radius 2 is 2.12 bits per heavy atom. The SMILES string of the molecule is O=Cc1nccn1CCSc1ccccc1. The van der Waals surface area contributed by atoms with Crippen molar-refractivity contribution in [3.8, 4) is 0 Å². The van der Waals surface area contributed by atoms with Gasteiger partial charge < -0.3 is 4.57 Å². The van der Waals surface area contributed by atoms with Crippen LogP contribution in [0.15, 0.2) is 47.6 Å². The second-order valence-electron chi connectivity index (χ2n) is 3.26. The van der Waals surface area contributed by atoms with E-state index in [1.54, 1.807) is 18.0 Å². The Hall–Kier alpha value is -1.55. The van der Waals surface area contributed by atoms with Crippen molar-refractivity contribution in [2.45, 2.75) is 11.4 Å². The zero-order chi connectivity index (χ0) is 11.2. The maximum absolute atomic E-state index is 10.6. The number of rotatable bonds is 5. The van der Waals surface area contributed by atoms with Crippen LogP contribution in [0.1, 0.15) is 10.6 Å². The number of carbonyl (C=O) groups excluding carboxylic acids is 1. The highest BCUT2D eigenvalue weighted by Gasteiger charge is 2.00. The van der Waals surface area contributed by atoms with Crippen molar-refractivity contribution in [2.24, 2.45) is 0 Å². The minimum atomic E-state index is 0.494. The normalized spacial score (nSPS) is 10.2. The van der Waals surface area contributed by atoms with E-state index in [4.69, 9.17) is 0 Å². The van der Waals surface area contributed by atoms with Gasteiger partial charge in [0, 0.05) is 29.6 Å². The van der Waals surface area contributed by atoms with E-state index in [0.29, 0.717) is 5.82 Å². The van der Waals surface area contributed by atoms with Crippen molar-refractivity contribution in [3.05, 3.63) is 48.5 Å². The quantitative estimate of drug-likeness (QED) is 0.587. The number of hydrogen-bond acceptors (Lipinski definition) is 3. The van der Waals surface area contributed by atoms with Crippen LogP contribution in [-0.2, 0) is 6.54 Å². The van der Waals surface area contributed by atoms with Crippen LogP contribution < -0.4 is 0 Å². The molecule has 16 heavy (non-hydrogen) atoms. The summed E-state index contributed by atoms with van der Waals surface area (Å²) >= 11 is 1.77. The minimum absolute atomic E-state index is 0.494. The maximum Gasteiger partial charge on any atom is 0.185 e. The number of benzene rings is 1. The Kier molecular flexibility index (Phi) is 3.77. The van der Waals surface area contributed by atoms with Crippen molar-refractivity contribution >= 4 is 18.0 Å². The first kappa shape index (κ1) is 11.0. The molecule has 1 aromatic heterocycles. The van der Waals surface area contributed by atoms with Crippen molar-refractivity contribution in [2.75, 3.05) is 5.75 Å². The molecule has 0 saturated carbocycles. The van der Waals surface area contributed by atoms with Gasteiger partial charge in [0.25, 0.3) is 0 Å².